The Balaban J connectivity index is 1.84. The summed E-state index contributed by atoms with van der Waals surface area (Å²) in [5.74, 6) is 0. The highest BCUT2D eigenvalue weighted by Gasteiger charge is 2.39. The minimum absolute atomic E-state index is 0.0997. The first-order valence-electron chi connectivity index (χ1n) is 8.32. The van der Waals surface area contributed by atoms with E-state index < -0.39 is 18.5 Å². The first-order valence-corrected chi connectivity index (χ1v) is 10.7. The van der Waals surface area contributed by atoms with Gasteiger partial charge in [0.1, 0.15) is 11.6 Å². The molecule has 0 N–H and O–H groups in total. The van der Waals surface area contributed by atoms with E-state index in [1.54, 1.807) is 36.4 Å². The van der Waals surface area contributed by atoms with Gasteiger partial charge in [0, 0.05) is 27.0 Å². The van der Waals surface area contributed by atoms with E-state index in [1.807, 2.05) is 0 Å². The van der Waals surface area contributed by atoms with E-state index in [1.165, 1.54) is 24.0 Å². The predicted molar refractivity (Wildman–Crippen MR) is 115 cm³/mol. The molecule has 2 aromatic carbocycles. The van der Waals surface area contributed by atoms with Crippen molar-refractivity contribution in [2.45, 2.75) is 22.7 Å². The molecule has 0 aliphatic heterocycles. The minimum Gasteiger partial charge on any atom is -0.391 e. The van der Waals surface area contributed by atoms with Crippen LogP contribution in [0.3, 0.4) is 0 Å². The highest BCUT2D eigenvalue weighted by atomic mass is 79.9. The largest absolute Gasteiger partial charge is 0.435 e. The normalized spacial score (nSPS) is 12.0. The van der Waals surface area contributed by atoms with Crippen LogP contribution in [-0.4, -0.2) is 16.0 Å². The van der Waals surface area contributed by atoms with Crippen molar-refractivity contribution in [2.75, 3.05) is 0 Å². The summed E-state index contributed by atoms with van der Waals surface area (Å²) in [6.07, 6.45) is -3.32. The molecule has 0 radical (unpaired) electrons. The quantitative estimate of drug-likeness (QED) is 0.246. The Kier molecular flexibility index (Phi) is 7.38. The average Bonchev–Trinajstić information content (AvgIpc) is 2.98. The fourth-order valence-corrected chi connectivity index (χ4v) is 4.12. The van der Waals surface area contributed by atoms with Gasteiger partial charge in [-0.2, -0.15) is 18.3 Å². The summed E-state index contributed by atoms with van der Waals surface area (Å²) in [7, 11) is 1.46. The first kappa shape index (κ1) is 23.0. The average molecular weight is 539 g/mol. The Morgan fingerprint density at radius 1 is 1.20 bits per heavy atom. The molecule has 0 saturated heterocycles. The fraction of sp³-hybridized carbons (Fsp3) is 0.158. The van der Waals surface area contributed by atoms with Gasteiger partial charge in [0.25, 0.3) is 0 Å². The van der Waals surface area contributed by atoms with Gasteiger partial charge in [0.05, 0.1) is 16.8 Å². The number of halogens is 6. The van der Waals surface area contributed by atoms with Crippen LogP contribution in [0.5, 0.6) is 0 Å². The summed E-state index contributed by atoms with van der Waals surface area (Å²) in [6.45, 7) is -0.413. The maximum Gasteiger partial charge on any atom is 0.435 e. The zero-order valence-corrected chi connectivity index (χ0v) is 19.2. The molecule has 1 heterocycles. The SMILES string of the molecule is Cn1nc(C(F)(F)F)c(CO/N=C\c2ccc(Cl)cc2Cl)c1Sc1ccc(Br)cc1. The van der Waals surface area contributed by atoms with E-state index in [2.05, 4.69) is 26.2 Å². The van der Waals surface area contributed by atoms with E-state index in [9.17, 15) is 13.2 Å². The van der Waals surface area contributed by atoms with Crippen LogP contribution in [0.15, 0.2) is 62.0 Å². The first-order chi connectivity index (χ1) is 14.1. The van der Waals surface area contributed by atoms with Crippen LogP contribution in [0.2, 0.25) is 10.0 Å². The number of aromatic nitrogens is 2. The van der Waals surface area contributed by atoms with Gasteiger partial charge in [-0.05, 0) is 36.4 Å². The van der Waals surface area contributed by atoms with E-state index in [0.717, 1.165) is 21.1 Å². The summed E-state index contributed by atoms with van der Waals surface area (Å²) >= 11 is 16.4. The Labute approximate surface area is 193 Å². The summed E-state index contributed by atoms with van der Waals surface area (Å²) in [5.41, 5.74) is -0.589. The second-order valence-electron chi connectivity index (χ2n) is 5.98. The molecular weight excluding hydrogens is 526 g/mol. The lowest BCUT2D eigenvalue weighted by atomic mass is 10.2. The molecule has 158 valence electrons. The van der Waals surface area contributed by atoms with Crippen LogP contribution in [0.25, 0.3) is 0 Å². The van der Waals surface area contributed by atoms with Crippen molar-refractivity contribution >= 4 is 57.1 Å². The summed E-state index contributed by atoms with van der Waals surface area (Å²) in [4.78, 5) is 5.92. The molecule has 0 aliphatic rings. The van der Waals surface area contributed by atoms with Crippen molar-refractivity contribution < 1.29 is 18.0 Å². The number of alkyl halides is 3. The molecule has 0 amide bonds. The molecule has 0 bridgehead atoms. The van der Waals surface area contributed by atoms with E-state index in [-0.39, 0.29) is 5.56 Å². The fourth-order valence-electron chi connectivity index (χ4n) is 2.45. The molecule has 0 aliphatic carbocycles. The number of hydrogen-bond donors (Lipinski definition) is 0. The number of aryl methyl sites for hydroxylation is 1. The monoisotopic (exact) mass is 537 g/mol. The minimum atomic E-state index is -4.63. The van der Waals surface area contributed by atoms with Gasteiger partial charge in [-0.1, -0.05) is 62.1 Å². The molecular formula is C19H13BrCl2F3N3OS. The second-order valence-corrected chi connectivity index (χ2v) is 8.80. The lowest BCUT2D eigenvalue weighted by Crippen LogP contribution is -2.10. The zero-order chi connectivity index (χ0) is 21.9. The van der Waals surface area contributed by atoms with E-state index in [0.29, 0.717) is 20.6 Å². The number of benzene rings is 2. The Morgan fingerprint density at radius 2 is 1.90 bits per heavy atom. The number of hydrogen-bond acceptors (Lipinski definition) is 4. The van der Waals surface area contributed by atoms with Crippen molar-refractivity contribution in [1.82, 2.24) is 9.78 Å². The maximum absolute atomic E-state index is 13.5. The highest BCUT2D eigenvalue weighted by Crippen LogP contribution is 2.39. The second kappa shape index (κ2) is 9.64. The van der Waals surface area contributed by atoms with Crippen molar-refractivity contribution in [3.8, 4) is 0 Å². The summed E-state index contributed by atoms with van der Waals surface area (Å²) in [5, 5.41) is 8.51. The third-order valence-electron chi connectivity index (χ3n) is 3.82. The van der Waals surface area contributed by atoms with E-state index >= 15 is 0 Å². The van der Waals surface area contributed by atoms with Gasteiger partial charge < -0.3 is 4.84 Å². The molecule has 0 unspecified atom stereocenters. The molecule has 11 heteroatoms. The standard InChI is InChI=1S/C19H13BrCl2F3N3OS/c1-28-18(30-14-6-3-12(20)4-7-14)15(17(27-28)19(23,24)25)10-29-26-9-11-2-5-13(21)8-16(11)22/h2-9H,10H2,1H3/b26-9-. The van der Waals surface area contributed by atoms with Gasteiger partial charge >= 0.3 is 6.18 Å². The molecule has 30 heavy (non-hydrogen) atoms. The Morgan fingerprint density at radius 3 is 2.53 bits per heavy atom. The highest BCUT2D eigenvalue weighted by molar-refractivity contribution is 9.10. The van der Waals surface area contributed by atoms with Crippen LogP contribution in [0.1, 0.15) is 16.8 Å². The number of oxime groups is 1. The summed E-state index contributed by atoms with van der Waals surface area (Å²) in [6, 6.07) is 12.0. The third-order valence-corrected chi connectivity index (χ3v) is 6.13. The molecule has 0 atom stereocenters. The van der Waals surface area contributed by atoms with E-state index in [4.69, 9.17) is 28.0 Å². The van der Waals surface area contributed by atoms with Gasteiger partial charge in [-0.15, -0.1) is 0 Å². The van der Waals surface area contributed by atoms with Crippen molar-refractivity contribution in [1.29, 1.82) is 0 Å². The molecule has 0 spiro atoms. The van der Waals surface area contributed by atoms with Crippen molar-refractivity contribution in [3.63, 3.8) is 0 Å². The van der Waals surface area contributed by atoms with Crippen molar-refractivity contribution in [2.24, 2.45) is 12.2 Å². The predicted octanol–water partition coefficient (Wildman–Crippen LogP) is 7.21. The van der Waals surface area contributed by atoms with Crippen LogP contribution in [0, 0.1) is 0 Å². The van der Waals surface area contributed by atoms with Crippen LogP contribution in [-0.2, 0) is 24.7 Å². The lowest BCUT2D eigenvalue weighted by molar-refractivity contribution is -0.142. The van der Waals surface area contributed by atoms with Crippen LogP contribution >= 0.6 is 50.9 Å². The van der Waals surface area contributed by atoms with Crippen LogP contribution in [0.4, 0.5) is 13.2 Å². The third kappa shape index (κ3) is 5.72. The molecule has 1 aromatic heterocycles. The topological polar surface area (TPSA) is 39.4 Å². The lowest BCUT2D eigenvalue weighted by Gasteiger charge is -2.08. The van der Waals surface area contributed by atoms with Gasteiger partial charge in [0.2, 0.25) is 0 Å². The number of rotatable bonds is 6. The molecule has 0 saturated carbocycles. The molecule has 3 aromatic rings. The molecule has 0 fully saturated rings. The van der Waals surface area contributed by atoms with Gasteiger partial charge in [-0.3, -0.25) is 4.68 Å². The number of nitrogens with zero attached hydrogens (tertiary/aromatic N) is 3. The smallest absolute Gasteiger partial charge is 0.391 e. The van der Waals surface area contributed by atoms with Gasteiger partial charge in [0.15, 0.2) is 5.69 Å². The molecule has 3 rings (SSSR count). The summed E-state index contributed by atoms with van der Waals surface area (Å²) < 4.78 is 42.5. The van der Waals surface area contributed by atoms with Gasteiger partial charge in [-0.25, -0.2) is 0 Å². The molecule has 4 nitrogen and oxygen atoms in total. The zero-order valence-electron chi connectivity index (χ0n) is 15.3. The van der Waals surface area contributed by atoms with Crippen molar-refractivity contribution in [3.05, 3.63) is 73.8 Å². The maximum atomic E-state index is 13.5. The Bertz CT molecular complexity index is 1070. The van der Waals surface area contributed by atoms with Crippen LogP contribution < -0.4 is 0 Å². The Hall–Kier alpha value is -1.68.